The van der Waals surface area contributed by atoms with E-state index in [1.807, 2.05) is 30.3 Å². The zero-order valence-electron chi connectivity index (χ0n) is 12.1. The molecule has 0 unspecified atom stereocenters. The zero-order valence-corrected chi connectivity index (χ0v) is 12.1. The van der Waals surface area contributed by atoms with Gasteiger partial charge in [-0.1, -0.05) is 30.3 Å². The molecule has 3 rings (SSSR count). The summed E-state index contributed by atoms with van der Waals surface area (Å²) in [7, 11) is 3.17. The molecule has 2 aromatic rings. The van der Waals surface area contributed by atoms with Gasteiger partial charge in [0.25, 0.3) is 0 Å². The number of hydrogen-bond acceptors (Lipinski definition) is 4. The average Bonchev–Trinajstić information content (AvgIpc) is 2.54. The molecule has 0 saturated heterocycles. The highest BCUT2D eigenvalue weighted by Gasteiger charge is 2.31. The van der Waals surface area contributed by atoms with Crippen LogP contribution in [0.25, 0.3) is 0 Å². The molecular weight excluding hydrogens is 268 g/mol. The van der Waals surface area contributed by atoms with Crippen molar-refractivity contribution in [3.8, 4) is 17.2 Å². The standard InChI is InChI=1S/C17H18O4/c1-19-12-8-15(20-2)17-13(18)10-14(21-16(17)9-12)11-6-4-3-5-7-11/h3-9,13-14,18H,10H2,1-2H3/t13-,14+/m0/s1. The van der Waals surface area contributed by atoms with Crippen LogP contribution in [-0.4, -0.2) is 19.3 Å². The number of rotatable bonds is 3. The first-order chi connectivity index (χ1) is 10.2. The Morgan fingerprint density at radius 3 is 2.52 bits per heavy atom. The molecule has 2 atom stereocenters. The maximum Gasteiger partial charge on any atom is 0.133 e. The number of fused-ring (bicyclic) bond motifs is 1. The van der Waals surface area contributed by atoms with Crippen molar-refractivity contribution in [3.05, 3.63) is 53.6 Å². The smallest absolute Gasteiger partial charge is 0.133 e. The van der Waals surface area contributed by atoms with Crippen molar-refractivity contribution >= 4 is 0 Å². The van der Waals surface area contributed by atoms with Crippen LogP contribution in [0.5, 0.6) is 17.2 Å². The van der Waals surface area contributed by atoms with Gasteiger partial charge in [0.15, 0.2) is 0 Å². The lowest BCUT2D eigenvalue weighted by Crippen LogP contribution is -2.19. The van der Waals surface area contributed by atoms with E-state index < -0.39 is 6.10 Å². The Balaban J connectivity index is 2.01. The minimum atomic E-state index is -0.625. The number of hydrogen-bond donors (Lipinski definition) is 1. The topological polar surface area (TPSA) is 47.9 Å². The summed E-state index contributed by atoms with van der Waals surface area (Å²) in [5.74, 6) is 1.84. The van der Waals surface area contributed by atoms with Gasteiger partial charge < -0.3 is 19.3 Å². The van der Waals surface area contributed by atoms with Gasteiger partial charge in [0.1, 0.15) is 23.4 Å². The second-order valence-corrected chi connectivity index (χ2v) is 5.01. The summed E-state index contributed by atoms with van der Waals surface area (Å²) in [6.07, 6.45) is -0.301. The monoisotopic (exact) mass is 286 g/mol. The van der Waals surface area contributed by atoms with Crippen molar-refractivity contribution in [2.45, 2.75) is 18.6 Å². The van der Waals surface area contributed by atoms with E-state index in [9.17, 15) is 5.11 Å². The lowest BCUT2D eigenvalue weighted by Gasteiger charge is -2.31. The molecule has 0 spiro atoms. The molecule has 0 bridgehead atoms. The van der Waals surface area contributed by atoms with Gasteiger partial charge in [-0.15, -0.1) is 0 Å². The van der Waals surface area contributed by atoms with Gasteiger partial charge >= 0.3 is 0 Å². The van der Waals surface area contributed by atoms with Gasteiger partial charge in [-0.2, -0.15) is 0 Å². The fourth-order valence-corrected chi connectivity index (χ4v) is 2.68. The fraction of sp³-hybridized carbons (Fsp3) is 0.294. The molecule has 1 N–H and O–H groups in total. The molecule has 0 aromatic heterocycles. The predicted octanol–water partition coefficient (Wildman–Crippen LogP) is 3.26. The number of benzene rings is 2. The van der Waals surface area contributed by atoms with Crippen LogP contribution >= 0.6 is 0 Å². The van der Waals surface area contributed by atoms with Gasteiger partial charge in [-0.25, -0.2) is 0 Å². The third-order valence-electron chi connectivity index (χ3n) is 3.74. The van der Waals surface area contributed by atoms with Crippen LogP contribution in [0.3, 0.4) is 0 Å². The van der Waals surface area contributed by atoms with E-state index in [1.165, 1.54) is 0 Å². The van der Waals surface area contributed by atoms with Gasteiger partial charge in [0.05, 0.1) is 25.9 Å². The van der Waals surface area contributed by atoms with Crippen molar-refractivity contribution in [1.29, 1.82) is 0 Å². The molecule has 0 fully saturated rings. The summed E-state index contributed by atoms with van der Waals surface area (Å²) in [5, 5.41) is 10.5. The third kappa shape index (κ3) is 2.54. The zero-order chi connectivity index (χ0) is 14.8. The largest absolute Gasteiger partial charge is 0.496 e. The molecule has 0 amide bonds. The minimum absolute atomic E-state index is 0.175. The van der Waals surface area contributed by atoms with E-state index in [0.29, 0.717) is 29.2 Å². The molecule has 4 nitrogen and oxygen atoms in total. The highest BCUT2D eigenvalue weighted by Crippen LogP contribution is 2.47. The van der Waals surface area contributed by atoms with Gasteiger partial charge in [-0.05, 0) is 5.56 Å². The lowest BCUT2D eigenvalue weighted by molar-refractivity contribution is 0.0630. The number of aliphatic hydroxyl groups excluding tert-OH is 1. The Hall–Kier alpha value is -2.20. The van der Waals surface area contributed by atoms with Crippen LogP contribution in [0.2, 0.25) is 0 Å². The van der Waals surface area contributed by atoms with Crippen molar-refractivity contribution in [2.24, 2.45) is 0 Å². The maximum absolute atomic E-state index is 10.5. The quantitative estimate of drug-likeness (QED) is 0.941. The van der Waals surface area contributed by atoms with Gasteiger partial charge in [0, 0.05) is 18.6 Å². The van der Waals surface area contributed by atoms with E-state index >= 15 is 0 Å². The molecule has 1 heterocycles. The number of aliphatic hydroxyl groups is 1. The van der Waals surface area contributed by atoms with Crippen LogP contribution < -0.4 is 14.2 Å². The summed E-state index contributed by atoms with van der Waals surface area (Å²) in [4.78, 5) is 0. The van der Waals surface area contributed by atoms with Crippen molar-refractivity contribution in [2.75, 3.05) is 14.2 Å². The second-order valence-electron chi connectivity index (χ2n) is 5.01. The van der Waals surface area contributed by atoms with E-state index in [-0.39, 0.29) is 6.10 Å². The first kappa shape index (κ1) is 13.8. The minimum Gasteiger partial charge on any atom is -0.496 e. The van der Waals surface area contributed by atoms with Crippen LogP contribution in [0.1, 0.15) is 29.8 Å². The van der Waals surface area contributed by atoms with E-state index in [4.69, 9.17) is 14.2 Å². The van der Waals surface area contributed by atoms with Gasteiger partial charge in [-0.3, -0.25) is 0 Å². The highest BCUT2D eigenvalue weighted by atomic mass is 16.5. The number of methoxy groups -OCH3 is 2. The highest BCUT2D eigenvalue weighted by molar-refractivity contribution is 5.53. The molecule has 1 aliphatic heterocycles. The second kappa shape index (κ2) is 5.66. The molecule has 1 aliphatic rings. The molecule has 110 valence electrons. The summed E-state index contributed by atoms with van der Waals surface area (Å²) < 4.78 is 16.7. The van der Waals surface area contributed by atoms with E-state index in [1.54, 1.807) is 26.4 Å². The van der Waals surface area contributed by atoms with Crippen molar-refractivity contribution in [1.82, 2.24) is 0 Å². The normalized spacial score (nSPS) is 20.3. The molecule has 21 heavy (non-hydrogen) atoms. The molecule has 0 radical (unpaired) electrons. The summed E-state index contributed by atoms with van der Waals surface area (Å²) in [6.45, 7) is 0. The third-order valence-corrected chi connectivity index (χ3v) is 3.74. The predicted molar refractivity (Wildman–Crippen MR) is 78.9 cm³/mol. The van der Waals surface area contributed by atoms with E-state index in [0.717, 1.165) is 5.56 Å². The van der Waals surface area contributed by atoms with Crippen LogP contribution in [0, 0.1) is 0 Å². The van der Waals surface area contributed by atoms with Crippen LogP contribution in [0.15, 0.2) is 42.5 Å². The molecular formula is C17H18O4. The number of ether oxygens (including phenoxy) is 3. The Morgan fingerprint density at radius 1 is 1.10 bits per heavy atom. The maximum atomic E-state index is 10.5. The Morgan fingerprint density at radius 2 is 1.86 bits per heavy atom. The summed E-state index contributed by atoms with van der Waals surface area (Å²) >= 11 is 0. The van der Waals surface area contributed by atoms with Crippen molar-refractivity contribution < 1.29 is 19.3 Å². The first-order valence-electron chi connectivity index (χ1n) is 6.88. The van der Waals surface area contributed by atoms with E-state index in [2.05, 4.69) is 0 Å². The van der Waals surface area contributed by atoms with Crippen LogP contribution in [0.4, 0.5) is 0 Å². The Kier molecular flexibility index (Phi) is 3.71. The Labute approximate surface area is 123 Å². The SMILES string of the molecule is COc1cc(OC)c2c(c1)O[C@@H](c1ccccc1)C[C@@H]2O. The van der Waals surface area contributed by atoms with Crippen LogP contribution in [-0.2, 0) is 0 Å². The Bertz CT molecular complexity index is 624. The molecule has 0 aliphatic carbocycles. The summed E-state index contributed by atoms with van der Waals surface area (Å²) in [5.41, 5.74) is 1.73. The fourth-order valence-electron chi connectivity index (χ4n) is 2.68. The molecule has 4 heteroatoms. The molecule has 2 aromatic carbocycles. The molecule has 0 saturated carbocycles. The summed E-state index contributed by atoms with van der Waals surface area (Å²) in [6, 6.07) is 13.4. The first-order valence-corrected chi connectivity index (χ1v) is 6.88. The average molecular weight is 286 g/mol. The van der Waals surface area contributed by atoms with Crippen molar-refractivity contribution in [3.63, 3.8) is 0 Å². The van der Waals surface area contributed by atoms with Gasteiger partial charge in [0.2, 0.25) is 0 Å². The lowest BCUT2D eigenvalue weighted by atomic mass is 9.94.